The summed E-state index contributed by atoms with van der Waals surface area (Å²) in [6.45, 7) is 1.40. The van der Waals surface area contributed by atoms with Gasteiger partial charge >= 0.3 is 0 Å². The molecular weight excluding hydrogens is 214 g/mol. The van der Waals surface area contributed by atoms with Gasteiger partial charge in [-0.25, -0.2) is 8.78 Å². The van der Waals surface area contributed by atoms with Crippen LogP contribution in [0, 0.1) is 6.92 Å². The van der Waals surface area contributed by atoms with Crippen LogP contribution >= 0.6 is 11.6 Å². The zero-order chi connectivity index (χ0) is 10.9. The molecule has 1 rings (SSSR count). The number of nitrogens with zero attached hydrogens (tertiary/aromatic N) is 1. The van der Waals surface area contributed by atoms with Gasteiger partial charge in [0.25, 0.3) is 12.3 Å². The molecule has 1 aromatic rings. The molecule has 6 heteroatoms. The van der Waals surface area contributed by atoms with E-state index < -0.39 is 18.0 Å². The van der Waals surface area contributed by atoms with Gasteiger partial charge in [-0.1, -0.05) is 11.6 Å². The summed E-state index contributed by atoms with van der Waals surface area (Å²) in [4.78, 5) is 14.4. The van der Waals surface area contributed by atoms with Crippen LogP contribution in [0.25, 0.3) is 0 Å². The second-order valence-corrected chi connectivity index (χ2v) is 3.06. The molecule has 0 atom stereocenters. The van der Waals surface area contributed by atoms with Crippen molar-refractivity contribution in [3.05, 3.63) is 28.0 Å². The SMILES string of the molecule is Cc1nc(C(F)F)cc(Cl)c1C(N)=O. The molecule has 0 spiro atoms. The molecule has 0 aromatic carbocycles. The highest BCUT2D eigenvalue weighted by atomic mass is 35.5. The Balaban J connectivity index is 3.32. The number of amides is 1. The molecule has 0 aliphatic heterocycles. The number of rotatable bonds is 2. The molecule has 2 N–H and O–H groups in total. The maximum atomic E-state index is 12.2. The summed E-state index contributed by atoms with van der Waals surface area (Å²) in [7, 11) is 0. The van der Waals surface area contributed by atoms with Gasteiger partial charge in [0.15, 0.2) is 0 Å². The molecule has 0 unspecified atom stereocenters. The van der Waals surface area contributed by atoms with Crippen molar-refractivity contribution < 1.29 is 13.6 Å². The lowest BCUT2D eigenvalue weighted by Gasteiger charge is -2.06. The van der Waals surface area contributed by atoms with Gasteiger partial charge in [0.2, 0.25) is 0 Å². The van der Waals surface area contributed by atoms with Crippen LogP contribution in [0.4, 0.5) is 8.78 Å². The van der Waals surface area contributed by atoms with Crippen molar-refractivity contribution in [3.8, 4) is 0 Å². The van der Waals surface area contributed by atoms with Gasteiger partial charge < -0.3 is 5.73 Å². The van der Waals surface area contributed by atoms with Gasteiger partial charge in [0.05, 0.1) is 16.3 Å². The van der Waals surface area contributed by atoms with Crippen molar-refractivity contribution in [2.45, 2.75) is 13.3 Å². The number of carbonyl (C=O) groups excluding carboxylic acids is 1. The van der Waals surface area contributed by atoms with Crippen molar-refractivity contribution >= 4 is 17.5 Å². The van der Waals surface area contributed by atoms with Crippen molar-refractivity contribution in [2.24, 2.45) is 5.73 Å². The van der Waals surface area contributed by atoms with E-state index in [9.17, 15) is 13.6 Å². The van der Waals surface area contributed by atoms with E-state index in [1.807, 2.05) is 0 Å². The number of halogens is 3. The lowest BCUT2D eigenvalue weighted by Crippen LogP contribution is -2.15. The quantitative estimate of drug-likeness (QED) is 0.830. The maximum absolute atomic E-state index is 12.2. The Hall–Kier alpha value is -1.23. The fraction of sp³-hybridized carbons (Fsp3) is 0.250. The minimum absolute atomic E-state index is 0.0175. The summed E-state index contributed by atoms with van der Waals surface area (Å²) in [5.41, 5.74) is 4.62. The first-order chi connectivity index (χ1) is 6.43. The number of alkyl halides is 2. The molecule has 0 aliphatic carbocycles. The molecule has 1 heterocycles. The fourth-order valence-corrected chi connectivity index (χ4v) is 1.41. The van der Waals surface area contributed by atoms with Crippen LogP contribution in [-0.2, 0) is 0 Å². The van der Waals surface area contributed by atoms with Crippen molar-refractivity contribution in [2.75, 3.05) is 0 Å². The zero-order valence-electron chi connectivity index (χ0n) is 7.22. The van der Waals surface area contributed by atoms with Crippen LogP contribution in [-0.4, -0.2) is 10.9 Å². The lowest BCUT2D eigenvalue weighted by atomic mass is 10.1. The van der Waals surface area contributed by atoms with Gasteiger partial charge in [-0.15, -0.1) is 0 Å². The van der Waals surface area contributed by atoms with Gasteiger partial charge in [-0.3, -0.25) is 9.78 Å². The maximum Gasteiger partial charge on any atom is 0.280 e. The minimum Gasteiger partial charge on any atom is -0.365 e. The Morgan fingerprint density at radius 1 is 1.64 bits per heavy atom. The molecule has 0 aliphatic rings. The van der Waals surface area contributed by atoms with E-state index in [2.05, 4.69) is 4.98 Å². The van der Waals surface area contributed by atoms with Gasteiger partial charge in [-0.05, 0) is 13.0 Å². The number of carbonyl (C=O) groups is 1. The number of aryl methyl sites for hydroxylation is 1. The monoisotopic (exact) mass is 220 g/mol. The number of hydrogen-bond acceptors (Lipinski definition) is 2. The summed E-state index contributed by atoms with van der Waals surface area (Å²) in [6, 6.07) is 0.944. The highest BCUT2D eigenvalue weighted by Crippen LogP contribution is 2.24. The van der Waals surface area contributed by atoms with Crippen molar-refractivity contribution in [1.29, 1.82) is 0 Å². The third-order valence-electron chi connectivity index (χ3n) is 1.64. The van der Waals surface area contributed by atoms with E-state index in [1.54, 1.807) is 0 Å². The third kappa shape index (κ3) is 1.98. The van der Waals surface area contributed by atoms with Gasteiger partial charge in [-0.2, -0.15) is 0 Å². The average Bonchev–Trinajstić information content (AvgIpc) is 2.01. The number of nitrogens with two attached hydrogens (primary N) is 1. The van der Waals surface area contributed by atoms with Crippen molar-refractivity contribution in [3.63, 3.8) is 0 Å². The van der Waals surface area contributed by atoms with Crippen LogP contribution in [0.15, 0.2) is 6.07 Å². The lowest BCUT2D eigenvalue weighted by molar-refractivity contribution is 0.0998. The number of aromatic nitrogens is 1. The molecule has 1 aromatic heterocycles. The topological polar surface area (TPSA) is 56.0 Å². The number of pyridine rings is 1. The van der Waals surface area contributed by atoms with E-state index in [1.165, 1.54) is 6.92 Å². The van der Waals surface area contributed by atoms with Crippen LogP contribution in [0.2, 0.25) is 5.02 Å². The molecule has 0 bridgehead atoms. The Labute approximate surface area is 83.9 Å². The molecular formula is C8H7ClF2N2O. The largest absolute Gasteiger partial charge is 0.365 e. The van der Waals surface area contributed by atoms with E-state index >= 15 is 0 Å². The summed E-state index contributed by atoms with van der Waals surface area (Å²) in [6.07, 6.45) is -2.71. The van der Waals surface area contributed by atoms with Crippen molar-refractivity contribution in [1.82, 2.24) is 4.98 Å². The second-order valence-electron chi connectivity index (χ2n) is 2.65. The molecule has 1 amide bonds. The second kappa shape index (κ2) is 3.88. The van der Waals surface area contributed by atoms with E-state index in [0.29, 0.717) is 0 Å². The van der Waals surface area contributed by atoms with Crippen LogP contribution in [0.1, 0.15) is 28.2 Å². The Morgan fingerprint density at radius 2 is 2.21 bits per heavy atom. The van der Waals surface area contributed by atoms with E-state index in [-0.39, 0.29) is 16.3 Å². The summed E-state index contributed by atoms with van der Waals surface area (Å²) < 4.78 is 24.4. The van der Waals surface area contributed by atoms with E-state index in [0.717, 1.165) is 6.07 Å². The molecule has 0 saturated heterocycles. The molecule has 3 nitrogen and oxygen atoms in total. The first-order valence-corrected chi connectivity index (χ1v) is 4.06. The van der Waals surface area contributed by atoms with Crippen LogP contribution in [0.3, 0.4) is 0 Å². The highest BCUT2D eigenvalue weighted by molar-refractivity contribution is 6.34. The smallest absolute Gasteiger partial charge is 0.280 e. The Kier molecular flexibility index (Phi) is 3.00. The molecule has 14 heavy (non-hydrogen) atoms. The fourth-order valence-electron chi connectivity index (χ4n) is 1.06. The molecule has 76 valence electrons. The standard InChI is InChI=1S/C8H7ClF2N2O/c1-3-6(8(12)14)4(9)2-5(13-3)7(10)11/h2,7H,1H3,(H2,12,14). The Bertz CT molecular complexity index is 359. The third-order valence-corrected chi connectivity index (χ3v) is 1.94. The zero-order valence-corrected chi connectivity index (χ0v) is 7.98. The predicted octanol–water partition coefficient (Wildman–Crippen LogP) is 2.08. The summed E-state index contributed by atoms with van der Waals surface area (Å²) in [5.74, 6) is -0.777. The highest BCUT2D eigenvalue weighted by Gasteiger charge is 2.17. The summed E-state index contributed by atoms with van der Waals surface area (Å²) >= 11 is 5.60. The molecule has 0 radical (unpaired) electrons. The normalized spacial score (nSPS) is 10.6. The van der Waals surface area contributed by atoms with Gasteiger partial charge in [0, 0.05) is 0 Å². The van der Waals surface area contributed by atoms with Gasteiger partial charge in [0.1, 0.15) is 5.69 Å². The average molecular weight is 221 g/mol. The molecule has 0 fully saturated rings. The summed E-state index contributed by atoms with van der Waals surface area (Å²) in [5, 5.41) is -0.0969. The Morgan fingerprint density at radius 3 is 2.57 bits per heavy atom. The minimum atomic E-state index is -2.71. The number of hydrogen-bond donors (Lipinski definition) is 1. The van der Waals surface area contributed by atoms with Crippen LogP contribution in [0.5, 0.6) is 0 Å². The van der Waals surface area contributed by atoms with E-state index in [4.69, 9.17) is 17.3 Å². The molecule has 0 saturated carbocycles. The first kappa shape index (κ1) is 10.8. The van der Waals surface area contributed by atoms with Crippen LogP contribution < -0.4 is 5.73 Å². The number of primary amides is 1. The first-order valence-electron chi connectivity index (χ1n) is 3.68. The predicted molar refractivity (Wildman–Crippen MR) is 47.5 cm³/mol.